The molecular weight excluding hydrogens is 323 g/mol. The summed E-state index contributed by atoms with van der Waals surface area (Å²) in [6.07, 6.45) is -0.399. The van der Waals surface area contributed by atoms with Crippen LogP contribution in [0, 0.1) is 5.82 Å². The predicted molar refractivity (Wildman–Crippen MR) is 79.0 cm³/mol. The summed E-state index contributed by atoms with van der Waals surface area (Å²) >= 11 is 3.44. The number of halogens is 2. The molecule has 3 aromatic rings. The molecule has 102 valence electrons. The molecule has 3 rings (SSSR count). The van der Waals surface area contributed by atoms with E-state index in [-0.39, 0.29) is 5.58 Å². The Kier molecular flexibility index (Phi) is 3.59. The second-order valence-electron chi connectivity index (χ2n) is 4.62. The molecule has 1 aromatic heterocycles. The Bertz CT molecular complexity index is 751. The smallest absolute Gasteiger partial charge is 0.170 e. The molecule has 1 atom stereocenters. The maximum absolute atomic E-state index is 13.6. The molecule has 0 fully saturated rings. The van der Waals surface area contributed by atoms with Crippen LogP contribution in [-0.4, -0.2) is 5.11 Å². The van der Waals surface area contributed by atoms with E-state index in [1.807, 2.05) is 24.3 Å². The average Bonchev–Trinajstić information content (AvgIpc) is 2.87. The Morgan fingerprint density at radius 2 is 1.95 bits per heavy atom. The zero-order valence-corrected chi connectivity index (χ0v) is 12.1. The molecule has 1 unspecified atom stereocenters. The highest BCUT2D eigenvalue weighted by Crippen LogP contribution is 2.29. The quantitative estimate of drug-likeness (QED) is 0.758. The van der Waals surface area contributed by atoms with Crippen LogP contribution in [0.2, 0.25) is 0 Å². The minimum atomic E-state index is -0.805. The molecule has 0 aliphatic rings. The van der Waals surface area contributed by atoms with Crippen molar-refractivity contribution in [3.8, 4) is 0 Å². The zero-order valence-electron chi connectivity index (χ0n) is 10.5. The van der Waals surface area contributed by atoms with Gasteiger partial charge in [-0.1, -0.05) is 46.3 Å². The van der Waals surface area contributed by atoms with E-state index in [4.69, 9.17) is 4.42 Å². The highest BCUT2D eigenvalue weighted by atomic mass is 79.9. The molecule has 0 aliphatic heterocycles. The molecule has 0 saturated heterocycles. The number of aliphatic hydroxyl groups is 1. The zero-order chi connectivity index (χ0) is 14.1. The first-order valence-electron chi connectivity index (χ1n) is 6.24. The van der Waals surface area contributed by atoms with E-state index in [0.717, 1.165) is 10.0 Å². The van der Waals surface area contributed by atoms with E-state index in [0.29, 0.717) is 17.6 Å². The predicted octanol–water partition coefficient (Wildman–Crippen LogP) is 4.61. The van der Waals surface area contributed by atoms with Crippen molar-refractivity contribution in [1.29, 1.82) is 0 Å². The van der Waals surface area contributed by atoms with Crippen LogP contribution in [0.1, 0.15) is 17.4 Å². The van der Waals surface area contributed by atoms with Gasteiger partial charge in [0.2, 0.25) is 0 Å². The van der Waals surface area contributed by atoms with Crippen molar-refractivity contribution in [1.82, 2.24) is 0 Å². The third kappa shape index (κ3) is 2.49. The Labute approximate surface area is 124 Å². The van der Waals surface area contributed by atoms with Crippen LogP contribution in [0.15, 0.2) is 57.4 Å². The number of hydrogen-bond donors (Lipinski definition) is 1. The van der Waals surface area contributed by atoms with Crippen molar-refractivity contribution >= 4 is 26.9 Å². The summed E-state index contributed by atoms with van der Waals surface area (Å²) in [5.74, 6) is -0.0392. The van der Waals surface area contributed by atoms with E-state index in [9.17, 15) is 9.50 Å². The highest BCUT2D eigenvalue weighted by Gasteiger charge is 2.16. The number of rotatable bonds is 3. The second-order valence-corrected chi connectivity index (χ2v) is 5.47. The van der Waals surface area contributed by atoms with Crippen molar-refractivity contribution in [2.45, 2.75) is 12.5 Å². The lowest BCUT2D eigenvalue weighted by Crippen LogP contribution is -2.00. The summed E-state index contributed by atoms with van der Waals surface area (Å²) in [7, 11) is 0. The van der Waals surface area contributed by atoms with E-state index in [1.165, 1.54) is 6.07 Å². The fourth-order valence-electron chi connectivity index (χ4n) is 2.18. The minimum absolute atomic E-state index is 0.189. The summed E-state index contributed by atoms with van der Waals surface area (Å²) in [5, 5.41) is 10.9. The first kappa shape index (κ1) is 13.3. The van der Waals surface area contributed by atoms with Gasteiger partial charge in [-0.3, -0.25) is 0 Å². The van der Waals surface area contributed by atoms with Gasteiger partial charge in [0.25, 0.3) is 0 Å². The molecule has 1 heterocycles. The molecule has 0 aliphatic carbocycles. The third-order valence-electron chi connectivity index (χ3n) is 3.21. The summed E-state index contributed by atoms with van der Waals surface area (Å²) in [6, 6.07) is 14.1. The Balaban J connectivity index is 1.91. The highest BCUT2D eigenvalue weighted by molar-refractivity contribution is 9.10. The van der Waals surface area contributed by atoms with Crippen LogP contribution in [0.5, 0.6) is 0 Å². The Morgan fingerprint density at radius 3 is 2.70 bits per heavy atom. The van der Waals surface area contributed by atoms with Crippen LogP contribution < -0.4 is 0 Å². The molecule has 1 N–H and O–H groups in total. The maximum atomic E-state index is 13.6. The lowest BCUT2D eigenvalue weighted by Gasteiger charge is -2.09. The number of para-hydroxylation sites is 1. The molecule has 0 amide bonds. The number of furan rings is 1. The average molecular weight is 335 g/mol. The second kappa shape index (κ2) is 5.38. The summed E-state index contributed by atoms with van der Waals surface area (Å²) < 4.78 is 19.9. The summed E-state index contributed by atoms with van der Waals surface area (Å²) in [6.45, 7) is 0. The van der Waals surface area contributed by atoms with Crippen LogP contribution in [-0.2, 0) is 6.42 Å². The van der Waals surface area contributed by atoms with Gasteiger partial charge < -0.3 is 9.52 Å². The van der Waals surface area contributed by atoms with Crippen molar-refractivity contribution in [3.63, 3.8) is 0 Å². The van der Waals surface area contributed by atoms with Crippen LogP contribution in [0.4, 0.5) is 4.39 Å². The van der Waals surface area contributed by atoms with Gasteiger partial charge >= 0.3 is 0 Å². The molecule has 0 saturated carbocycles. The normalized spacial score (nSPS) is 12.8. The lowest BCUT2D eigenvalue weighted by molar-refractivity contribution is 0.152. The Morgan fingerprint density at radius 1 is 1.15 bits per heavy atom. The SMILES string of the molecule is OC(Cc1ccccc1Br)c1cc2cccc(F)c2o1. The molecule has 0 bridgehead atoms. The number of aliphatic hydroxyl groups excluding tert-OH is 1. The fraction of sp³-hybridized carbons (Fsp3) is 0.125. The van der Waals surface area contributed by atoms with Gasteiger partial charge in [-0.05, 0) is 23.8 Å². The van der Waals surface area contributed by atoms with Gasteiger partial charge in [-0.15, -0.1) is 0 Å². The van der Waals surface area contributed by atoms with E-state index in [2.05, 4.69) is 15.9 Å². The first-order valence-corrected chi connectivity index (χ1v) is 7.04. The van der Waals surface area contributed by atoms with Gasteiger partial charge in [0.1, 0.15) is 11.9 Å². The molecule has 4 heteroatoms. The van der Waals surface area contributed by atoms with E-state index < -0.39 is 11.9 Å². The van der Waals surface area contributed by atoms with E-state index in [1.54, 1.807) is 18.2 Å². The third-order valence-corrected chi connectivity index (χ3v) is 3.99. The van der Waals surface area contributed by atoms with Crippen molar-refractivity contribution in [2.24, 2.45) is 0 Å². The van der Waals surface area contributed by atoms with Gasteiger partial charge in [0.15, 0.2) is 11.4 Å². The van der Waals surface area contributed by atoms with Crippen LogP contribution >= 0.6 is 15.9 Å². The standard InChI is InChI=1S/C16H12BrFO2/c17-12-6-2-1-4-10(12)8-14(19)15-9-11-5-3-7-13(18)16(11)20-15/h1-7,9,14,19H,8H2. The first-order chi connectivity index (χ1) is 9.65. The molecule has 0 spiro atoms. The van der Waals surface area contributed by atoms with Gasteiger partial charge in [-0.2, -0.15) is 0 Å². The number of benzene rings is 2. The Hall–Kier alpha value is -1.65. The molecular formula is C16H12BrFO2. The van der Waals surface area contributed by atoms with Gasteiger partial charge in [0.05, 0.1) is 0 Å². The summed E-state index contributed by atoms with van der Waals surface area (Å²) in [5.41, 5.74) is 1.16. The number of hydrogen-bond acceptors (Lipinski definition) is 2. The molecule has 2 nitrogen and oxygen atoms in total. The van der Waals surface area contributed by atoms with Gasteiger partial charge in [0, 0.05) is 16.3 Å². The fourth-order valence-corrected chi connectivity index (χ4v) is 2.63. The summed E-state index contributed by atoms with van der Waals surface area (Å²) in [4.78, 5) is 0. The monoisotopic (exact) mass is 334 g/mol. The largest absolute Gasteiger partial charge is 0.455 e. The minimum Gasteiger partial charge on any atom is -0.455 e. The van der Waals surface area contributed by atoms with E-state index >= 15 is 0 Å². The van der Waals surface area contributed by atoms with Crippen LogP contribution in [0.3, 0.4) is 0 Å². The number of fused-ring (bicyclic) bond motifs is 1. The molecule has 20 heavy (non-hydrogen) atoms. The topological polar surface area (TPSA) is 33.4 Å². The maximum Gasteiger partial charge on any atom is 0.170 e. The van der Waals surface area contributed by atoms with Crippen molar-refractivity contribution < 1.29 is 13.9 Å². The van der Waals surface area contributed by atoms with Crippen LogP contribution in [0.25, 0.3) is 11.0 Å². The molecule has 0 radical (unpaired) electrons. The van der Waals surface area contributed by atoms with Gasteiger partial charge in [-0.25, -0.2) is 4.39 Å². The lowest BCUT2D eigenvalue weighted by atomic mass is 10.1. The molecule has 2 aromatic carbocycles. The van der Waals surface area contributed by atoms with Crippen molar-refractivity contribution in [3.05, 3.63) is 70.1 Å². The van der Waals surface area contributed by atoms with Crippen molar-refractivity contribution in [2.75, 3.05) is 0 Å².